The third-order valence-electron chi connectivity index (χ3n) is 3.99. The van der Waals surface area contributed by atoms with Crippen LogP contribution in [0.3, 0.4) is 0 Å². The Hall–Kier alpha value is -2.12. The first-order chi connectivity index (χ1) is 11.1. The van der Waals surface area contributed by atoms with Gasteiger partial charge in [0.1, 0.15) is 11.8 Å². The largest absolute Gasteiger partial charge is 0.497 e. The molecule has 1 amide bonds. The van der Waals surface area contributed by atoms with Gasteiger partial charge in [0.15, 0.2) is 0 Å². The number of carboxylic acids is 1. The molecule has 4 N–H and O–H groups in total. The molecule has 1 fully saturated rings. The fraction of sp³-hybridized carbons (Fsp3) is 0.500. The van der Waals surface area contributed by atoms with Gasteiger partial charge < -0.3 is 15.2 Å². The standard InChI is InChI=1S/C16H23N3O4/c1-3-4-13(16(21)22)18-15(20)12-9-17-19-14(12)10-5-7-11(23-2)8-6-10/h5-8,12-14,17,19H,3-4,9H2,1-2H3,(H,18,20)(H,21,22). The van der Waals surface area contributed by atoms with Gasteiger partial charge in [-0.05, 0) is 24.1 Å². The third-order valence-corrected chi connectivity index (χ3v) is 3.99. The molecule has 1 aromatic rings. The molecule has 3 atom stereocenters. The molecule has 7 nitrogen and oxygen atoms in total. The van der Waals surface area contributed by atoms with Gasteiger partial charge in [0.05, 0.1) is 19.1 Å². The summed E-state index contributed by atoms with van der Waals surface area (Å²) in [6, 6.07) is 6.40. The normalized spacial score (nSPS) is 21.7. The Labute approximate surface area is 135 Å². The van der Waals surface area contributed by atoms with Gasteiger partial charge in [-0.2, -0.15) is 0 Å². The molecule has 0 spiro atoms. The highest BCUT2D eigenvalue weighted by Gasteiger charge is 2.35. The second-order valence-electron chi connectivity index (χ2n) is 5.57. The van der Waals surface area contributed by atoms with Crippen LogP contribution in [0, 0.1) is 5.92 Å². The molecule has 7 heteroatoms. The van der Waals surface area contributed by atoms with Crippen LogP contribution in [-0.4, -0.2) is 36.7 Å². The smallest absolute Gasteiger partial charge is 0.326 e. The molecule has 0 saturated carbocycles. The van der Waals surface area contributed by atoms with E-state index in [2.05, 4.69) is 16.2 Å². The molecule has 1 aliphatic rings. The molecule has 0 radical (unpaired) electrons. The van der Waals surface area contributed by atoms with Crippen molar-refractivity contribution in [1.29, 1.82) is 0 Å². The van der Waals surface area contributed by atoms with E-state index in [1.165, 1.54) is 0 Å². The van der Waals surface area contributed by atoms with Gasteiger partial charge in [-0.3, -0.25) is 10.2 Å². The molecule has 0 aliphatic carbocycles. The van der Waals surface area contributed by atoms with Crippen LogP contribution < -0.4 is 20.9 Å². The molecular weight excluding hydrogens is 298 g/mol. The van der Waals surface area contributed by atoms with E-state index in [0.717, 1.165) is 11.3 Å². The molecule has 1 heterocycles. The zero-order valence-electron chi connectivity index (χ0n) is 13.3. The Kier molecular flexibility index (Phi) is 5.95. The van der Waals surface area contributed by atoms with Crippen LogP contribution in [0.5, 0.6) is 5.75 Å². The van der Waals surface area contributed by atoms with Crippen LogP contribution in [0.1, 0.15) is 31.4 Å². The minimum atomic E-state index is -1.000. The number of carboxylic acid groups (broad SMARTS) is 1. The van der Waals surface area contributed by atoms with Gasteiger partial charge in [0.25, 0.3) is 0 Å². The van der Waals surface area contributed by atoms with E-state index in [-0.39, 0.29) is 17.9 Å². The second kappa shape index (κ2) is 7.94. The van der Waals surface area contributed by atoms with E-state index >= 15 is 0 Å². The monoisotopic (exact) mass is 321 g/mol. The number of methoxy groups -OCH3 is 1. The number of carbonyl (C=O) groups excluding carboxylic acids is 1. The van der Waals surface area contributed by atoms with Gasteiger partial charge in [-0.25, -0.2) is 10.2 Å². The predicted octanol–water partition coefficient (Wildman–Crippen LogP) is 0.830. The number of carbonyl (C=O) groups is 2. The quantitative estimate of drug-likeness (QED) is 0.594. The van der Waals surface area contributed by atoms with Crippen molar-refractivity contribution in [3.8, 4) is 5.75 Å². The Morgan fingerprint density at radius 1 is 1.39 bits per heavy atom. The summed E-state index contributed by atoms with van der Waals surface area (Å²) < 4.78 is 5.13. The molecule has 1 aromatic carbocycles. The highest BCUT2D eigenvalue weighted by molar-refractivity contribution is 5.85. The van der Waals surface area contributed by atoms with Crippen molar-refractivity contribution in [3.05, 3.63) is 29.8 Å². The minimum absolute atomic E-state index is 0.211. The van der Waals surface area contributed by atoms with E-state index in [1.807, 2.05) is 31.2 Å². The van der Waals surface area contributed by atoms with Crippen molar-refractivity contribution >= 4 is 11.9 Å². The van der Waals surface area contributed by atoms with Crippen LogP contribution >= 0.6 is 0 Å². The summed E-state index contributed by atoms with van der Waals surface area (Å²) in [5.74, 6) is -0.888. The maximum absolute atomic E-state index is 12.5. The predicted molar refractivity (Wildman–Crippen MR) is 84.8 cm³/mol. The fourth-order valence-corrected chi connectivity index (χ4v) is 2.69. The minimum Gasteiger partial charge on any atom is -0.497 e. The SMILES string of the molecule is CCCC(NC(=O)C1CNNC1c1ccc(OC)cc1)C(=O)O. The van der Waals surface area contributed by atoms with Crippen LogP contribution in [0.25, 0.3) is 0 Å². The molecule has 1 saturated heterocycles. The first kappa shape index (κ1) is 17.2. The summed E-state index contributed by atoms with van der Waals surface area (Å²) >= 11 is 0. The number of rotatable bonds is 7. The van der Waals surface area contributed by atoms with Gasteiger partial charge in [-0.15, -0.1) is 0 Å². The molecule has 3 unspecified atom stereocenters. The first-order valence-electron chi connectivity index (χ1n) is 7.72. The summed E-state index contributed by atoms with van der Waals surface area (Å²) in [4.78, 5) is 23.7. The van der Waals surface area contributed by atoms with Gasteiger partial charge in [-0.1, -0.05) is 25.5 Å². The number of aliphatic carboxylic acids is 1. The van der Waals surface area contributed by atoms with E-state index in [0.29, 0.717) is 19.4 Å². The van der Waals surface area contributed by atoms with E-state index in [1.54, 1.807) is 7.11 Å². The number of hydrazine groups is 1. The zero-order chi connectivity index (χ0) is 16.8. The summed E-state index contributed by atoms with van der Waals surface area (Å²) in [5, 5.41) is 11.8. The summed E-state index contributed by atoms with van der Waals surface area (Å²) in [6.07, 6.45) is 1.11. The Morgan fingerprint density at radius 2 is 2.09 bits per heavy atom. The molecule has 23 heavy (non-hydrogen) atoms. The zero-order valence-corrected chi connectivity index (χ0v) is 13.3. The Bertz CT molecular complexity index is 547. The summed E-state index contributed by atoms with van der Waals surface area (Å²) in [6.45, 7) is 2.34. The number of nitrogens with one attached hydrogen (secondary N) is 3. The average molecular weight is 321 g/mol. The Balaban J connectivity index is 2.07. The maximum Gasteiger partial charge on any atom is 0.326 e. The lowest BCUT2D eigenvalue weighted by Gasteiger charge is -2.21. The third kappa shape index (κ3) is 4.20. The number of hydrogen-bond acceptors (Lipinski definition) is 5. The van der Waals surface area contributed by atoms with Crippen molar-refractivity contribution < 1.29 is 19.4 Å². The highest BCUT2D eigenvalue weighted by atomic mass is 16.5. The lowest BCUT2D eigenvalue weighted by molar-refractivity contribution is -0.142. The van der Waals surface area contributed by atoms with Gasteiger partial charge in [0, 0.05) is 6.54 Å². The summed E-state index contributed by atoms with van der Waals surface area (Å²) in [7, 11) is 1.60. The van der Waals surface area contributed by atoms with Gasteiger partial charge >= 0.3 is 5.97 Å². The van der Waals surface area contributed by atoms with E-state index < -0.39 is 12.0 Å². The lowest BCUT2D eigenvalue weighted by atomic mass is 9.93. The van der Waals surface area contributed by atoms with Crippen LogP contribution in [-0.2, 0) is 9.59 Å². The Morgan fingerprint density at radius 3 is 2.65 bits per heavy atom. The van der Waals surface area contributed by atoms with Crippen molar-refractivity contribution in [3.63, 3.8) is 0 Å². The number of hydrogen-bond donors (Lipinski definition) is 4. The molecular formula is C16H23N3O4. The molecule has 126 valence electrons. The lowest BCUT2D eigenvalue weighted by Crippen LogP contribution is -2.45. The molecule has 0 bridgehead atoms. The number of amides is 1. The number of ether oxygens (including phenoxy) is 1. The maximum atomic E-state index is 12.5. The first-order valence-corrected chi connectivity index (χ1v) is 7.72. The van der Waals surface area contributed by atoms with Crippen molar-refractivity contribution in [2.24, 2.45) is 5.92 Å². The molecule has 1 aliphatic heterocycles. The van der Waals surface area contributed by atoms with E-state index in [9.17, 15) is 14.7 Å². The van der Waals surface area contributed by atoms with Crippen LogP contribution in [0.15, 0.2) is 24.3 Å². The summed E-state index contributed by atoms with van der Waals surface area (Å²) in [5.41, 5.74) is 7.00. The highest BCUT2D eigenvalue weighted by Crippen LogP contribution is 2.26. The van der Waals surface area contributed by atoms with Crippen molar-refractivity contribution in [2.45, 2.75) is 31.8 Å². The topological polar surface area (TPSA) is 99.7 Å². The average Bonchev–Trinajstić information content (AvgIpc) is 3.04. The molecule has 0 aromatic heterocycles. The van der Waals surface area contributed by atoms with Crippen LogP contribution in [0.2, 0.25) is 0 Å². The fourth-order valence-electron chi connectivity index (χ4n) is 2.69. The van der Waals surface area contributed by atoms with Crippen molar-refractivity contribution in [1.82, 2.24) is 16.2 Å². The molecule has 2 rings (SSSR count). The van der Waals surface area contributed by atoms with E-state index in [4.69, 9.17) is 4.74 Å². The van der Waals surface area contributed by atoms with Crippen molar-refractivity contribution in [2.75, 3.05) is 13.7 Å². The number of benzene rings is 1. The second-order valence-corrected chi connectivity index (χ2v) is 5.57. The van der Waals surface area contributed by atoms with Gasteiger partial charge in [0.2, 0.25) is 5.91 Å². The van der Waals surface area contributed by atoms with Crippen LogP contribution in [0.4, 0.5) is 0 Å².